The topological polar surface area (TPSA) is 21.3 Å². The van der Waals surface area contributed by atoms with E-state index >= 15 is 0 Å². The molecule has 2 nitrogen and oxygen atoms in total. The van der Waals surface area contributed by atoms with Crippen LogP contribution in [0.15, 0.2) is 30.3 Å². The molecule has 0 radical (unpaired) electrons. The second-order valence-electron chi connectivity index (χ2n) is 3.81. The number of nitrogens with one attached hydrogen (secondary N) is 1. The Bertz CT molecular complexity index is 283. The van der Waals surface area contributed by atoms with Crippen molar-refractivity contribution in [2.45, 2.75) is 18.4 Å². The highest BCUT2D eigenvalue weighted by molar-refractivity contribution is 5.85. The molecule has 84 valence electrons. The van der Waals surface area contributed by atoms with Gasteiger partial charge in [-0.25, -0.2) is 0 Å². The van der Waals surface area contributed by atoms with Gasteiger partial charge in [0.25, 0.3) is 0 Å². The molecule has 1 aromatic carbocycles. The Balaban J connectivity index is 0.00000112. The Hall–Kier alpha value is -0.570. The third-order valence-electron chi connectivity index (χ3n) is 3.15. The van der Waals surface area contributed by atoms with Gasteiger partial charge in [0.15, 0.2) is 0 Å². The van der Waals surface area contributed by atoms with Gasteiger partial charge in [-0.05, 0) is 25.5 Å². The van der Waals surface area contributed by atoms with E-state index in [0.29, 0.717) is 0 Å². The smallest absolute Gasteiger partial charge is 0.0486 e. The summed E-state index contributed by atoms with van der Waals surface area (Å²) in [7, 11) is 2.04. The van der Waals surface area contributed by atoms with Crippen LogP contribution in [0.4, 0.5) is 0 Å². The lowest BCUT2D eigenvalue weighted by Crippen LogP contribution is -2.44. The molecule has 1 aliphatic heterocycles. The van der Waals surface area contributed by atoms with E-state index < -0.39 is 0 Å². The molecule has 1 fully saturated rings. The Morgan fingerprint density at radius 3 is 2.27 bits per heavy atom. The minimum absolute atomic E-state index is 0. The quantitative estimate of drug-likeness (QED) is 0.838. The molecule has 1 N–H and O–H groups in total. The van der Waals surface area contributed by atoms with E-state index in [2.05, 4.69) is 35.6 Å². The normalized spacial score (nSPS) is 19.3. The maximum Gasteiger partial charge on any atom is 0.0486 e. The molecule has 3 heteroatoms. The van der Waals surface area contributed by atoms with Crippen molar-refractivity contribution in [3.63, 3.8) is 0 Å². The SMILES string of the molecule is CNC1(c2ccccc2)CCOCC1.Cl. The maximum atomic E-state index is 5.41. The fraction of sp³-hybridized carbons (Fsp3) is 0.500. The molecule has 15 heavy (non-hydrogen) atoms. The molecule has 0 aliphatic carbocycles. The van der Waals surface area contributed by atoms with Crippen molar-refractivity contribution in [2.24, 2.45) is 0 Å². The Kier molecular flexibility index (Phi) is 4.58. The first-order chi connectivity index (χ1) is 6.87. The van der Waals surface area contributed by atoms with Crippen LogP contribution >= 0.6 is 12.4 Å². The molecule has 0 spiro atoms. The summed E-state index contributed by atoms with van der Waals surface area (Å²) < 4.78 is 5.41. The molecule has 1 aromatic rings. The summed E-state index contributed by atoms with van der Waals surface area (Å²) in [5.74, 6) is 0. The van der Waals surface area contributed by atoms with Gasteiger partial charge in [-0.15, -0.1) is 12.4 Å². The van der Waals surface area contributed by atoms with Crippen molar-refractivity contribution in [1.29, 1.82) is 0 Å². The van der Waals surface area contributed by atoms with E-state index in [9.17, 15) is 0 Å². The van der Waals surface area contributed by atoms with Gasteiger partial charge in [-0.2, -0.15) is 0 Å². The van der Waals surface area contributed by atoms with Gasteiger partial charge in [-0.1, -0.05) is 30.3 Å². The first-order valence-electron chi connectivity index (χ1n) is 5.20. The number of rotatable bonds is 2. The molecule has 0 amide bonds. The lowest BCUT2D eigenvalue weighted by Gasteiger charge is -2.37. The summed E-state index contributed by atoms with van der Waals surface area (Å²) >= 11 is 0. The number of hydrogen-bond donors (Lipinski definition) is 1. The third kappa shape index (κ3) is 2.51. The van der Waals surface area contributed by atoms with Crippen LogP contribution in [-0.2, 0) is 10.3 Å². The Morgan fingerprint density at radius 2 is 1.73 bits per heavy atom. The van der Waals surface area contributed by atoms with Gasteiger partial charge in [0.05, 0.1) is 0 Å². The predicted octanol–water partition coefficient (Wildman–Crippen LogP) is 2.33. The van der Waals surface area contributed by atoms with E-state index in [1.165, 1.54) is 5.56 Å². The van der Waals surface area contributed by atoms with Crippen LogP contribution in [0.5, 0.6) is 0 Å². The molecule has 0 unspecified atom stereocenters. The highest BCUT2D eigenvalue weighted by Gasteiger charge is 2.32. The number of ether oxygens (including phenoxy) is 1. The Labute approximate surface area is 97.4 Å². The van der Waals surface area contributed by atoms with Crippen LogP contribution < -0.4 is 5.32 Å². The van der Waals surface area contributed by atoms with Gasteiger partial charge in [0.2, 0.25) is 0 Å². The van der Waals surface area contributed by atoms with E-state index in [1.807, 2.05) is 7.05 Å². The maximum absolute atomic E-state index is 5.41. The summed E-state index contributed by atoms with van der Waals surface area (Å²) in [6.45, 7) is 1.71. The summed E-state index contributed by atoms with van der Waals surface area (Å²) in [4.78, 5) is 0. The molecule has 1 heterocycles. The average Bonchev–Trinajstić information content (AvgIpc) is 2.31. The minimum Gasteiger partial charge on any atom is -0.381 e. The number of halogens is 1. The molecular weight excluding hydrogens is 210 g/mol. The van der Waals surface area contributed by atoms with E-state index in [1.54, 1.807) is 0 Å². The fourth-order valence-corrected chi connectivity index (χ4v) is 2.16. The zero-order valence-corrected chi connectivity index (χ0v) is 9.85. The Morgan fingerprint density at radius 1 is 1.13 bits per heavy atom. The third-order valence-corrected chi connectivity index (χ3v) is 3.15. The predicted molar refractivity (Wildman–Crippen MR) is 64.5 cm³/mol. The van der Waals surface area contributed by atoms with Crippen LogP contribution in [0.3, 0.4) is 0 Å². The fourth-order valence-electron chi connectivity index (χ4n) is 2.16. The first kappa shape index (κ1) is 12.5. The molecule has 1 aliphatic rings. The van der Waals surface area contributed by atoms with Crippen molar-refractivity contribution in [2.75, 3.05) is 20.3 Å². The summed E-state index contributed by atoms with van der Waals surface area (Å²) in [5, 5.41) is 3.45. The van der Waals surface area contributed by atoms with E-state index in [0.717, 1.165) is 26.1 Å². The van der Waals surface area contributed by atoms with Gasteiger partial charge in [0.1, 0.15) is 0 Å². The molecular formula is C12H18ClNO. The lowest BCUT2D eigenvalue weighted by atomic mass is 9.83. The average molecular weight is 228 g/mol. The minimum atomic E-state index is 0. The molecule has 0 atom stereocenters. The van der Waals surface area contributed by atoms with Gasteiger partial charge >= 0.3 is 0 Å². The second kappa shape index (κ2) is 5.50. The van der Waals surface area contributed by atoms with Crippen molar-refractivity contribution >= 4 is 12.4 Å². The van der Waals surface area contributed by atoms with Crippen molar-refractivity contribution < 1.29 is 4.74 Å². The van der Waals surface area contributed by atoms with E-state index in [4.69, 9.17) is 4.74 Å². The summed E-state index contributed by atoms with van der Waals surface area (Å²) in [6, 6.07) is 10.7. The monoisotopic (exact) mass is 227 g/mol. The van der Waals surface area contributed by atoms with Gasteiger partial charge in [0, 0.05) is 18.8 Å². The van der Waals surface area contributed by atoms with Crippen molar-refractivity contribution in [3.8, 4) is 0 Å². The highest BCUT2D eigenvalue weighted by atomic mass is 35.5. The zero-order chi connectivity index (χ0) is 9.86. The van der Waals surface area contributed by atoms with Gasteiger partial charge < -0.3 is 10.1 Å². The molecule has 0 saturated carbocycles. The lowest BCUT2D eigenvalue weighted by molar-refractivity contribution is 0.0398. The highest BCUT2D eigenvalue weighted by Crippen LogP contribution is 2.31. The van der Waals surface area contributed by atoms with E-state index in [-0.39, 0.29) is 17.9 Å². The van der Waals surface area contributed by atoms with Crippen LogP contribution in [0.25, 0.3) is 0 Å². The molecule has 2 rings (SSSR count). The molecule has 0 bridgehead atoms. The molecule has 1 saturated heterocycles. The van der Waals surface area contributed by atoms with Crippen LogP contribution in [0.2, 0.25) is 0 Å². The van der Waals surface area contributed by atoms with Crippen LogP contribution in [0.1, 0.15) is 18.4 Å². The van der Waals surface area contributed by atoms with Crippen molar-refractivity contribution in [3.05, 3.63) is 35.9 Å². The summed E-state index contributed by atoms with van der Waals surface area (Å²) in [6.07, 6.45) is 2.13. The zero-order valence-electron chi connectivity index (χ0n) is 9.03. The standard InChI is InChI=1S/C12H17NO.ClH/c1-13-12(7-9-14-10-8-12)11-5-3-2-4-6-11;/h2-6,13H,7-10H2,1H3;1H. The van der Waals surface area contributed by atoms with Crippen molar-refractivity contribution in [1.82, 2.24) is 5.32 Å². The first-order valence-corrected chi connectivity index (χ1v) is 5.20. The second-order valence-corrected chi connectivity index (χ2v) is 3.81. The van der Waals surface area contributed by atoms with Crippen LogP contribution in [0, 0.1) is 0 Å². The molecule has 0 aromatic heterocycles. The largest absolute Gasteiger partial charge is 0.381 e. The number of hydrogen-bond acceptors (Lipinski definition) is 2. The number of benzene rings is 1. The van der Waals surface area contributed by atoms with Crippen LogP contribution in [-0.4, -0.2) is 20.3 Å². The summed E-state index contributed by atoms with van der Waals surface area (Å²) in [5.41, 5.74) is 1.52. The van der Waals surface area contributed by atoms with Gasteiger partial charge in [-0.3, -0.25) is 0 Å².